The number of hydrogen-bond donors (Lipinski definition) is 2. The fourth-order valence-corrected chi connectivity index (χ4v) is 5.47. The summed E-state index contributed by atoms with van der Waals surface area (Å²) in [4.78, 5) is 26.6. The van der Waals surface area contributed by atoms with Crippen LogP contribution >= 0.6 is 11.8 Å². The number of nitrogens with one attached hydrogen (secondary N) is 1. The fourth-order valence-electron chi connectivity index (χ4n) is 4.31. The lowest BCUT2D eigenvalue weighted by atomic mass is 9.84. The molecule has 0 spiro atoms. The smallest absolute Gasteiger partial charge is 0.233 e. The van der Waals surface area contributed by atoms with Crippen molar-refractivity contribution in [3.8, 4) is 11.8 Å². The maximum absolute atomic E-state index is 13.9. The lowest BCUT2D eigenvalue weighted by Crippen LogP contribution is -2.41. The Bertz CT molecular complexity index is 1450. The van der Waals surface area contributed by atoms with Gasteiger partial charge in [-0.05, 0) is 32.4 Å². The maximum Gasteiger partial charge on any atom is 0.233 e. The summed E-state index contributed by atoms with van der Waals surface area (Å²) in [5, 5.41) is 3.58. The van der Waals surface area contributed by atoms with E-state index in [-0.39, 0.29) is 6.61 Å². The predicted molar refractivity (Wildman–Crippen MR) is 138 cm³/mol. The molecule has 0 aromatic carbocycles. The molecule has 0 radical (unpaired) electrons. The van der Waals surface area contributed by atoms with Crippen LogP contribution in [0.25, 0.3) is 11.0 Å². The summed E-state index contributed by atoms with van der Waals surface area (Å²) in [5.74, 6) is 1.62. The van der Waals surface area contributed by atoms with E-state index in [0.717, 1.165) is 0 Å². The third-order valence-electron chi connectivity index (χ3n) is 5.86. The molecule has 2 atom stereocenters. The van der Waals surface area contributed by atoms with Crippen LogP contribution < -0.4 is 20.5 Å². The molecular formula is C24H25FN8O3S. The van der Waals surface area contributed by atoms with E-state index in [1.54, 1.807) is 24.7 Å². The first-order valence-corrected chi connectivity index (χ1v) is 12.2. The number of nitrogens with zero attached hydrogens (tertiary/aromatic N) is 6. The second-order valence-electron chi connectivity index (χ2n) is 8.94. The van der Waals surface area contributed by atoms with Crippen molar-refractivity contribution < 1.29 is 18.3 Å². The van der Waals surface area contributed by atoms with Gasteiger partial charge in [-0.15, -0.1) is 0 Å². The van der Waals surface area contributed by atoms with Gasteiger partial charge >= 0.3 is 0 Å². The van der Waals surface area contributed by atoms with Gasteiger partial charge in [-0.25, -0.2) is 29.3 Å². The topological polar surface area (TPSA) is 146 Å². The van der Waals surface area contributed by atoms with Crippen LogP contribution in [0.4, 0.5) is 15.9 Å². The van der Waals surface area contributed by atoms with E-state index in [4.69, 9.17) is 19.6 Å². The number of thioether (sulfide) groups is 1. The minimum atomic E-state index is -0.840. The average Bonchev–Trinajstić information content (AvgIpc) is 3.40. The number of nitrogens with two attached hydrogens (primary N) is 1. The summed E-state index contributed by atoms with van der Waals surface area (Å²) in [6, 6.07) is 3.60. The highest BCUT2D eigenvalue weighted by Crippen LogP contribution is 2.47. The van der Waals surface area contributed by atoms with Gasteiger partial charge < -0.3 is 24.9 Å². The van der Waals surface area contributed by atoms with E-state index in [9.17, 15) is 4.39 Å². The number of ether oxygens (including phenoxy) is 2. The quantitative estimate of drug-likeness (QED) is 0.343. The number of oxazole rings is 1. The van der Waals surface area contributed by atoms with Crippen LogP contribution in [-0.4, -0.2) is 48.6 Å². The molecule has 4 aromatic heterocycles. The van der Waals surface area contributed by atoms with E-state index >= 15 is 0 Å². The molecule has 0 amide bonds. The number of halogens is 1. The van der Waals surface area contributed by atoms with Crippen molar-refractivity contribution in [2.24, 2.45) is 10.7 Å². The summed E-state index contributed by atoms with van der Waals surface area (Å²) in [5.41, 5.74) is 7.68. The molecule has 37 heavy (non-hydrogen) atoms. The van der Waals surface area contributed by atoms with Crippen molar-refractivity contribution in [1.29, 1.82) is 0 Å². The Morgan fingerprint density at radius 2 is 2.05 bits per heavy atom. The number of amidine groups is 1. The van der Waals surface area contributed by atoms with Crippen LogP contribution in [0.15, 0.2) is 52.6 Å². The summed E-state index contributed by atoms with van der Waals surface area (Å²) in [7, 11) is 1.53. The fraction of sp³-hybridized carbons (Fsp3) is 0.333. The third kappa shape index (κ3) is 5.12. The minimum absolute atomic E-state index is 0.134. The SMILES string of the molecule is COc1ncc(Nc2nccc3nc(OCc4ncco4)cnc23)cc1[C@]1(C)C[C@](C)(CF)SC(N)=N1. The van der Waals surface area contributed by atoms with Crippen LogP contribution in [-0.2, 0) is 12.1 Å². The van der Waals surface area contributed by atoms with E-state index in [1.165, 1.54) is 31.3 Å². The molecule has 5 heterocycles. The molecule has 4 aromatic rings. The largest absolute Gasteiger partial charge is 0.481 e. The van der Waals surface area contributed by atoms with Crippen LogP contribution in [0.2, 0.25) is 0 Å². The van der Waals surface area contributed by atoms with Crippen LogP contribution in [0, 0.1) is 0 Å². The molecule has 1 aliphatic rings. The number of rotatable bonds is 8. The summed E-state index contributed by atoms with van der Waals surface area (Å²) < 4.78 is 29.5. The summed E-state index contributed by atoms with van der Waals surface area (Å²) >= 11 is 1.24. The van der Waals surface area contributed by atoms with Crippen molar-refractivity contribution in [2.45, 2.75) is 37.2 Å². The molecule has 0 saturated heterocycles. The lowest BCUT2D eigenvalue weighted by Gasteiger charge is -2.39. The van der Waals surface area contributed by atoms with E-state index < -0.39 is 17.0 Å². The molecule has 5 rings (SSSR count). The lowest BCUT2D eigenvalue weighted by molar-refractivity contribution is 0.253. The van der Waals surface area contributed by atoms with Gasteiger partial charge in [0.05, 0.1) is 47.2 Å². The predicted octanol–water partition coefficient (Wildman–Crippen LogP) is 4.13. The zero-order chi connectivity index (χ0) is 26.0. The monoisotopic (exact) mass is 524 g/mol. The Morgan fingerprint density at radius 3 is 2.81 bits per heavy atom. The van der Waals surface area contributed by atoms with Crippen molar-refractivity contribution in [3.63, 3.8) is 0 Å². The van der Waals surface area contributed by atoms with Gasteiger partial charge in [0.25, 0.3) is 0 Å². The van der Waals surface area contributed by atoms with Crippen molar-refractivity contribution in [2.75, 3.05) is 19.1 Å². The Balaban J connectivity index is 1.44. The molecule has 0 saturated carbocycles. The van der Waals surface area contributed by atoms with Crippen molar-refractivity contribution >= 4 is 39.5 Å². The second kappa shape index (κ2) is 9.81. The van der Waals surface area contributed by atoms with Gasteiger partial charge in [0.15, 0.2) is 17.6 Å². The van der Waals surface area contributed by atoms with Crippen LogP contribution in [0.3, 0.4) is 0 Å². The van der Waals surface area contributed by atoms with Gasteiger partial charge in [-0.1, -0.05) is 11.8 Å². The average molecular weight is 525 g/mol. The Morgan fingerprint density at radius 1 is 1.19 bits per heavy atom. The van der Waals surface area contributed by atoms with Crippen molar-refractivity contribution in [3.05, 3.63) is 54.6 Å². The van der Waals surface area contributed by atoms with Crippen molar-refractivity contribution in [1.82, 2.24) is 24.9 Å². The zero-order valence-corrected chi connectivity index (χ0v) is 21.3. The molecule has 0 bridgehead atoms. The number of anilines is 2. The van der Waals surface area contributed by atoms with E-state index in [0.29, 0.717) is 57.3 Å². The minimum Gasteiger partial charge on any atom is -0.481 e. The Hall–Kier alpha value is -4.00. The second-order valence-corrected chi connectivity index (χ2v) is 10.6. The van der Waals surface area contributed by atoms with Gasteiger partial charge in [0.2, 0.25) is 17.7 Å². The number of aromatic nitrogens is 5. The molecule has 0 fully saturated rings. The van der Waals surface area contributed by atoms with Crippen LogP contribution in [0.1, 0.15) is 31.7 Å². The zero-order valence-electron chi connectivity index (χ0n) is 20.4. The third-order valence-corrected chi connectivity index (χ3v) is 6.91. The number of pyridine rings is 2. The molecule has 0 aliphatic carbocycles. The first kappa shape index (κ1) is 24.7. The number of hydrogen-bond acceptors (Lipinski definition) is 12. The van der Waals surface area contributed by atoms with E-state index in [2.05, 4.69) is 35.2 Å². The summed E-state index contributed by atoms with van der Waals surface area (Å²) in [6.45, 7) is 3.33. The molecule has 3 N–H and O–H groups in total. The van der Waals surface area contributed by atoms with E-state index in [1.807, 2.05) is 19.9 Å². The molecular weight excluding hydrogens is 499 g/mol. The summed E-state index contributed by atoms with van der Waals surface area (Å²) in [6.07, 6.45) is 8.17. The molecule has 0 unspecified atom stereocenters. The number of alkyl halides is 1. The van der Waals surface area contributed by atoms with Crippen LogP contribution in [0.5, 0.6) is 11.8 Å². The first-order chi connectivity index (χ1) is 17.8. The number of methoxy groups -OCH3 is 1. The first-order valence-electron chi connectivity index (χ1n) is 11.4. The molecule has 13 heteroatoms. The molecule has 192 valence electrons. The Kier molecular flexibility index (Phi) is 6.54. The van der Waals surface area contributed by atoms with Gasteiger partial charge in [0, 0.05) is 11.8 Å². The Labute approximate surface area is 216 Å². The number of aliphatic imine (C=N–C) groups is 1. The van der Waals surface area contributed by atoms with Gasteiger partial charge in [0.1, 0.15) is 18.5 Å². The standard InChI is InChI=1S/C24H25FN8O3S/c1-23(13-25)12-24(2,33-22(26)37-23)15-8-14(9-30-21(15)34-3)31-20-19-16(4-5-28-20)32-17(10-29-19)36-11-18-27-6-7-35-18/h4-10H,11-13H2,1-3H3,(H2,26,33)(H,28,31)/t23-,24+/m1/s1. The molecule has 11 nitrogen and oxygen atoms in total. The van der Waals surface area contributed by atoms with Gasteiger partial charge in [-0.2, -0.15) is 0 Å². The maximum atomic E-state index is 13.9. The highest BCUT2D eigenvalue weighted by molar-refractivity contribution is 8.15. The normalized spacial score (nSPS) is 21.5. The van der Waals surface area contributed by atoms with Gasteiger partial charge in [-0.3, -0.25) is 4.99 Å². The molecule has 1 aliphatic heterocycles. The highest BCUT2D eigenvalue weighted by Gasteiger charge is 2.44. The number of fused-ring (bicyclic) bond motifs is 1. The highest BCUT2D eigenvalue weighted by atomic mass is 32.2.